The first-order chi connectivity index (χ1) is 7.65. The summed E-state index contributed by atoms with van der Waals surface area (Å²) in [5, 5.41) is 2.23. The Kier molecular flexibility index (Phi) is 4.44. The first-order valence-corrected chi connectivity index (χ1v) is 7.96. The first kappa shape index (κ1) is 12.6. The highest BCUT2D eigenvalue weighted by atomic mass is 127. The number of hydrogen-bond donors (Lipinski definition) is 0. The molecule has 1 atom stereocenters. The molecule has 2 aromatic rings. The summed E-state index contributed by atoms with van der Waals surface area (Å²) in [7, 11) is 0. The average Bonchev–Trinajstić information content (AvgIpc) is 2.68. The molecule has 0 aliphatic rings. The van der Waals surface area contributed by atoms with E-state index in [9.17, 15) is 0 Å². The fourth-order valence-electron chi connectivity index (χ4n) is 1.54. The molecule has 0 fully saturated rings. The van der Waals surface area contributed by atoms with Gasteiger partial charge in [0.15, 0.2) is 0 Å². The van der Waals surface area contributed by atoms with Gasteiger partial charge < -0.3 is 0 Å². The average molecular weight is 407 g/mol. The van der Waals surface area contributed by atoms with Crippen molar-refractivity contribution in [3.63, 3.8) is 0 Å². The third kappa shape index (κ3) is 3.31. The zero-order valence-electron chi connectivity index (χ0n) is 8.91. The highest BCUT2D eigenvalue weighted by Crippen LogP contribution is 2.31. The van der Waals surface area contributed by atoms with Crippen molar-refractivity contribution in [2.75, 3.05) is 0 Å². The van der Waals surface area contributed by atoms with E-state index in [-0.39, 0.29) is 0 Å². The monoisotopic (exact) mass is 406 g/mol. The molecule has 0 saturated heterocycles. The number of rotatable bonds is 3. The third-order valence-electron chi connectivity index (χ3n) is 2.48. The van der Waals surface area contributed by atoms with Crippen molar-refractivity contribution < 1.29 is 0 Å². The Balaban J connectivity index is 2.07. The van der Waals surface area contributed by atoms with Crippen molar-refractivity contribution in [1.29, 1.82) is 0 Å². The molecular formula is C13H12BrIS. The van der Waals surface area contributed by atoms with Crippen LogP contribution >= 0.6 is 49.9 Å². The number of alkyl halides is 1. The Hall–Kier alpha value is 0.130. The second kappa shape index (κ2) is 5.65. The molecule has 84 valence electrons. The van der Waals surface area contributed by atoms with Gasteiger partial charge in [0.25, 0.3) is 0 Å². The van der Waals surface area contributed by atoms with Crippen LogP contribution in [-0.4, -0.2) is 0 Å². The Morgan fingerprint density at radius 1 is 1.31 bits per heavy atom. The van der Waals surface area contributed by atoms with E-state index in [1.165, 1.54) is 19.6 Å². The summed E-state index contributed by atoms with van der Waals surface area (Å²) in [6.07, 6.45) is 1.05. The van der Waals surface area contributed by atoms with Gasteiger partial charge in [-0.2, -0.15) is 0 Å². The Labute approximate surface area is 122 Å². The number of hydrogen-bond acceptors (Lipinski definition) is 1. The highest BCUT2D eigenvalue weighted by Gasteiger charge is 2.10. The molecule has 0 bridgehead atoms. The van der Waals surface area contributed by atoms with E-state index < -0.39 is 0 Å². The van der Waals surface area contributed by atoms with Crippen molar-refractivity contribution in [3.05, 3.63) is 55.3 Å². The number of thiophene rings is 1. The molecule has 2 rings (SSSR count). The van der Waals surface area contributed by atoms with Gasteiger partial charge in [0, 0.05) is 4.83 Å². The summed E-state index contributed by atoms with van der Waals surface area (Å²) in [4.78, 5) is 0.426. The molecule has 0 spiro atoms. The van der Waals surface area contributed by atoms with E-state index in [4.69, 9.17) is 0 Å². The second-order valence-electron chi connectivity index (χ2n) is 3.84. The fourth-order valence-corrected chi connectivity index (χ4v) is 3.78. The van der Waals surface area contributed by atoms with Crippen molar-refractivity contribution in [3.8, 4) is 0 Å². The molecule has 0 radical (unpaired) electrons. The smallest absolute Gasteiger partial charge is 0.0656 e. The number of halogens is 2. The van der Waals surface area contributed by atoms with Crippen LogP contribution in [0.2, 0.25) is 0 Å². The maximum Gasteiger partial charge on any atom is 0.0656 e. The molecule has 1 heterocycles. The van der Waals surface area contributed by atoms with E-state index in [0.29, 0.717) is 4.83 Å². The Morgan fingerprint density at radius 2 is 2.00 bits per heavy atom. The van der Waals surface area contributed by atoms with Gasteiger partial charge in [0.1, 0.15) is 0 Å². The zero-order chi connectivity index (χ0) is 11.5. The van der Waals surface area contributed by atoms with Crippen LogP contribution in [-0.2, 0) is 6.42 Å². The van der Waals surface area contributed by atoms with E-state index in [1.807, 2.05) is 0 Å². The predicted molar refractivity (Wildman–Crippen MR) is 83.6 cm³/mol. The summed E-state index contributed by atoms with van der Waals surface area (Å²) < 4.78 is 1.35. The third-order valence-corrected chi connectivity index (χ3v) is 5.14. The summed E-state index contributed by atoms with van der Waals surface area (Å²) in [6, 6.07) is 11.0. The lowest BCUT2D eigenvalue weighted by Gasteiger charge is -2.08. The molecule has 1 unspecified atom stereocenters. The zero-order valence-corrected chi connectivity index (χ0v) is 13.5. The van der Waals surface area contributed by atoms with Crippen LogP contribution in [0.5, 0.6) is 0 Å². The lowest BCUT2D eigenvalue weighted by atomic mass is 10.1. The topological polar surface area (TPSA) is 0 Å². The summed E-state index contributed by atoms with van der Waals surface area (Å²) in [5.41, 5.74) is 4.09. The van der Waals surface area contributed by atoms with Gasteiger partial charge in [0.2, 0.25) is 0 Å². The first-order valence-electron chi connectivity index (χ1n) is 5.08. The molecular weight excluding hydrogens is 395 g/mol. The molecule has 1 aromatic heterocycles. The molecule has 3 heteroatoms. The van der Waals surface area contributed by atoms with Crippen LogP contribution in [0.25, 0.3) is 0 Å². The highest BCUT2D eigenvalue weighted by molar-refractivity contribution is 14.1. The van der Waals surface area contributed by atoms with Crippen LogP contribution in [0.1, 0.15) is 21.5 Å². The van der Waals surface area contributed by atoms with Gasteiger partial charge >= 0.3 is 0 Å². The minimum absolute atomic E-state index is 0.426. The summed E-state index contributed by atoms with van der Waals surface area (Å²) >= 11 is 7.93. The minimum Gasteiger partial charge on any atom is -0.137 e. The van der Waals surface area contributed by atoms with Crippen molar-refractivity contribution in [2.24, 2.45) is 0 Å². The minimum atomic E-state index is 0.426. The molecule has 0 saturated carbocycles. The molecule has 0 aliphatic carbocycles. The molecule has 0 N–H and O–H groups in total. The van der Waals surface area contributed by atoms with Crippen molar-refractivity contribution >= 4 is 49.9 Å². The quantitative estimate of drug-likeness (QED) is 0.476. The van der Waals surface area contributed by atoms with Gasteiger partial charge in [-0.15, -0.1) is 11.3 Å². The Morgan fingerprint density at radius 3 is 2.56 bits per heavy atom. The maximum atomic E-state index is 3.76. The van der Waals surface area contributed by atoms with Gasteiger partial charge in [-0.1, -0.05) is 45.8 Å². The lowest BCUT2D eigenvalue weighted by molar-refractivity contribution is 0.953. The molecule has 0 nitrogen and oxygen atoms in total. The standard InChI is InChI=1S/C13H12BrIS/c1-9-2-4-10(5-3-9)6-12(14)11-7-13(15)16-8-11/h2-5,7-8,12H,6H2,1H3. The molecule has 0 amide bonds. The van der Waals surface area contributed by atoms with Gasteiger partial charge in [-0.25, -0.2) is 0 Å². The molecule has 0 aliphatic heterocycles. The maximum absolute atomic E-state index is 3.76. The van der Waals surface area contributed by atoms with Crippen LogP contribution < -0.4 is 0 Å². The van der Waals surface area contributed by atoms with Gasteiger partial charge in [0.05, 0.1) is 2.88 Å². The van der Waals surface area contributed by atoms with Crippen LogP contribution in [0.3, 0.4) is 0 Å². The predicted octanol–water partition coefficient (Wildman–Crippen LogP) is 5.34. The van der Waals surface area contributed by atoms with Crippen LogP contribution in [0.4, 0.5) is 0 Å². The number of aryl methyl sites for hydroxylation is 1. The van der Waals surface area contributed by atoms with E-state index >= 15 is 0 Å². The normalized spacial score (nSPS) is 12.7. The molecule has 16 heavy (non-hydrogen) atoms. The summed E-state index contributed by atoms with van der Waals surface area (Å²) in [6.45, 7) is 2.12. The van der Waals surface area contributed by atoms with Crippen molar-refractivity contribution in [1.82, 2.24) is 0 Å². The van der Waals surface area contributed by atoms with Crippen LogP contribution in [0, 0.1) is 9.81 Å². The number of benzene rings is 1. The second-order valence-corrected chi connectivity index (χ2v) is 7.75. The van der Waals surface area contributed by atoms with E-state index in [2.05, 4.69) is 81.2 Å². The lowest BCUT2D eigenvalue weighted by Crippen LogP contribution is -1.93. The fraction of sp³-hybridized carbons (Fsp3) is 0.231. The largest absolute Gasteiger partial charge is 0.137 e. The van der Waals surface area contributed by atoms with Crippen molar-refractivity contribution in [2.45, 2.75) is 18.2 Å². The van der Waals surface area contributed by atoms with Gasteiger partial charge in [-0.3, -0.25) is 0 Å². The van der Waals surface area contributed by atoms with E-state index in [1.54, 1.807) is 11.3 Å². The van der Waals surface area contributed by atoms with Gasteiger partial charge in [-0.05, 0) is 58.5 Å². The van der Waals surface area contributed by atoms with Crippen LogP contribution in [0.15, 0.2) is 35.7 Å². The molecule has 1 aromatic carbocycles. The SMILES string of the molecule is Cc1ccc(CC(Br)c2csc(I)c2)cc1. The Bertz CT molecular complexity index is 461. The van der Waals surface area contributed by atoms with E-state index in [0.717, 1.165) is 6.42 Å². The summed E-state index contributed by atoms with van der Waals surface area (Å²) in [5.74, 6) is 0.